The van der Waals surface area contributed by atoms with Gasteiger partial charge in [-0.25, -0.2) is 0 Å². The van der Waals surface area contributed by atoms with Crippen LogP contribution in [0.5, 0.6) is 34.5 Å². The van der Waals surface area contributed by atoms with Crippen molar-refractivity contribution in [2.24, 2.45) is 0 Å². The lowest BCUT2D eigenvalue weighted by Gasteiger charge is -2.37. The predicted octanol–water partition coefficient (Wildman–Crippen LogP) is 4.42. The van der Waals surface area contributed by atoms with Gasteiger partial charge in [-0.1, -0.05) is 30.3 Å². The number of para-hydroxylation sites is 1. The maximum atomic E-state index is 6.44. The Balaban J connectivity index is 1.58. The lowest BCUT2D eigenvalue weighted by Crippen LogP contribution is -2.59. The molecule has 0 radical (unpaired) electrons. The topological polar surface area (TPSA) is 40.8 Å². The number of rotatable bonds is 0. The molecule has 0 amide bonds. The standard InChI is InChI=1S/C24H11BO4/c1-2-6-14-12(5-1)13-11-19-22-24(23(13)28-14)29-18-10-4-8-16-21(18)25(22)20-15(26-16)7-3-9-17(20)27-19/h1-11H. The van der Waals surface area contributed by atoms with E-state index in [1.54, 1.807) is 0 Å². The second kappa shape index (κ2) is 4.58. The molecule has 0 N–H and O–H groups in total. The highest BCUT2D eigenvalue weighted by Gasteiger charge is 2.47. The van der Waals surface area contributed by atoms with Crippen LogP contribution in [0.3, 0.4) is 0 Å². The van der Waals surface area contributed by atoms with Crippen LogP contribution < -0.4 is 30.6 Å². The average molecular weight is 374 g/mol. The van der Waals surface area contributed by atoms with Crippen LogP contribution in [0.15, 0.2) is 71.1 Å². The Morgan fingerprint density at radius 3 is 1.97 bits per heavy atom. The second-order valence-corrected chi connectivity index (χ2v) is 7.67. The largest absolute Gasteiger partial charge is 0.458 e. The Morgan fingerprint density at radius 2 is 1.21 bits per heavy atom. The molecule has 0 spiro atoms. The van der Waals surface area contributed by atoms with E-state index in [-0.39, 0.29) is 6.71 Å². The number of furan rings is 1. The quantitative estimate of drug-likeness (QED) is 0.369. The van der Waals surface area contributed by atoms with Crippen LogP contribution in [0.4, 0.5) is 0 Å². The Kier molecular flexibility index (Phi) is 2.24. The fraction of sp³-hybridized carbons (Fsp3) is 0. The number of benzene rings is 4. The Hall–Kier alpha value is -3.86. The van der Waals surface area contributed by atoms with E-state index in [1.807, 2.05) is 54.6 Å². The summed E-state index contributed by atoms with van der Waals surface area (Å²) in [5.74, 6) is 4.86. The molecule has 4 aromatic carbocycles. The Morgan fingerprint density at radius 1 is 0.552 bits per heavy atom. The molecule has 1 aromatic heterocycles. The van der Waals surface area contributed by atoms with E-state index in [9.17, 15) is 0 Å². The van der Waals surface area contributed by atoms with Crippen molar-refractivity contribution in [2.75, 3.05) is 0 Å². The van der Waals surface area contributed by atoms with Gasteiger partial charge >= 0.3 is 0 Å². The molecule has 134 valence electrons. The van der Waals surface area contributed by atoms with E-state index in [2.05, 4.69) is 12.1 Å². The van der Waals surface area contributed by atoms with E-state index in [0.717, 1.165) is 72.8 Å². The SMILES string of the molecule is c1cc2c3c(c1)Oc1cc4c(oc5ccccc54)c4c1B3c1c(cccc1O4)O2. The van der Waals surface area contributed by atoms with Crippen molar-refractivity contribution in [3.63, 3.8) is 0 Å². The zero-order valence-corrected chi connectivity index (χ0v) is 15.1. The molecule has 3 aliphatic rings. The maximum absolute atomic E-state index is 6.44. The first kappa shape index (κ1) is 14.2. The summed E-state index contributed by atoms with van der Waals surface area (Å²) in [4.78, 5) is 0. The third-order valence-corrected chi connectivity index (χ3v) is 6.20. The summed E-state index contributed by atoms with van der Waals surface area (Å²) in [6.07, 6.45) is 0. The van der Waals surface area contributed by atoms with Crippen molar-refractivity contribution in [3.05, 3.63) is 66.7 Å². The molecule has 0 unspecified atom stereocenters. The summed E-state index contributed by atoms with van der Waals surface area (Å²) < 4.78 is 25.3. The first-order chi connectivity index (χ1) is 14.4. The van der Waals surface area contributed by atoms with Crippen LogP contribution >= 0.6 is 0 Å². The first-order valence-corrected chi connectivity index (χ1v) is 9.64. The van der Waals surface area contributed by atoms with Gasteiger partial charge in [0.15, 0.2) is 11.3 Å². The normalized spacial score (nSPS) is 14.3. The molecular weight excluding hydrogens is 363 g/mol. The maximum Gasteiger partial charge on any atom is 0.270 e. The molecule has 8 rings (SSSR count). The van der Waals surface area contributed by atoms with Gasteiger partial charge in [-0.15, -0.1) is 0 Å². The van der Waals surface area contributed by atoms with Crippen molar-refractivity contribution in [2.45, 2.75) is 0 Å². The van der Waals surface area contributed by atoms with Gasteiger partial charge in [0, 0.05) is 27.2 Å². The molecule has 5 heteroatoms. The van der Waals surface area contributed by atoms with Crippen molar-refractivity contribution in [1.82, 2.24) is 0 Å². The molecule has 0 aliphatic carbocycles. The van der Waals surface area contributed by atoms with Crippen molar-refractivity contribution in [1.29, 1.82) is 0 Å². The minimum Gasteiger partial charge on any atom is -0.458 e. The highest BCUT2D eigenvalue weighted by atomic mass is 16.5. The fourth-order valence-corrected chi connectivity index (χ4v) is 5.03. The minimum atomic E-state index is 0.00580. The lowest BCUT2D eigenvalue weighted by molar-refractivity contribution is 0.441. The summed E-state index contributed by atoms with van der Waals surface area (Å²) in [6.45, 7) is 0.00580. The minimum absolute atomic E-state index is 0.00580. The molecule has 4 heterocycles. The highest BCUT2D eigenvalue weighted by Crippen LogP contribution is 2.46. The molecule has 5 aromatic rings. The molecule has 0 atom stereocenters. The smallest absolute Gasteiger partial charge is 0.270 e. The number of hydrogen-bond donors (Lipinski definition) is 0. The van der Waals surface area contributed by atoms with Gasteiger partial charge in [0.05, 0.1) is 0 Å². The average Bonchev–Trinajstić information content (AvgIpc) is 3.13. The van der Waals surface area contributed by atoms with Gasteiger partial charge in [-0.2, -0.15) is 0 Å². The van der Waals surface area contributed by atoms with Gasteiger partial charge in [0.1, 0.15) is 34.3 Å². The van der Waals surface area contributed by atoms with Crippen LogP contribution in [-0.4, -0.2) is 6.71 Å². The summed E-state index contributed by atoms with van der Waals surface area (Å²) in [5, 5.41) is 2.06. The van der Waals surface area contributed by atoms with E-state index in [0.29, 0.717) is 0 Å². The Bertz CT molecular complexity index is 1530. The van der Waals surface area contributed by atoms with Crippen LogP contribution in [0, 0.1) is 0 Å². The summed E-state index contributed by atoms with van der Waals surface area (Å²) >= 11 is 0. The molecule has 0 saturated carbocycles. The number of ether oxygens (including phenoxy) is 3. The molecule has 4 nitrogen and oxygen atoms in total. The first-order valence-electron chi connectivity index (χ1n) is 9.64. The van der Waals surface area contributed by atoms with Crippen molar-refractivity contribution in [3.8, 4) is 34.5 Å². The second-order valence-electron chi connectivity index (χ2n) is 7.67. The molecule has 0 saturated heterocycles. The lowest BCUT2D eigenvalue weighted by atomic mass is 9.34. The van der Waals surface area contributed by atoms with E-state index >= 15 is 0 Å². The van der Waals surface area contributed by atoms with E-state index in [1.165, 1.54) is 0 Å². The third-order valence-electron chi connectivity index (χ3n) is 6.20. The Labute approximate surface area is 165 Å². The number of hydrogen-bond acceptors (Lipinski definition) is 4. The molecule has 0 bridgehead atoms. The van der Waals surface area contributed by atoms with Crippen LogP contribution in [-0.2, 0) is 0 Å². The monoisotopic (exact) mass is 374 g/mol. The van der Waals surface area contributed by atoms with Crippen LogP contribution in [0.25, 0.3) is 21.9 Å². The molecule has 29 heavy (non-hydrogen) atoms. The molecular formula is C24H11BO4. The van der Waals surface area contributed by atoms with E-state index < -0.39 is 0 Å². The summed E-state index contributed by atoms with van der Waals surface area (Å²) in [5.41, 5.74) is 4.73. The van der Waals surface area contributed by atoms with E-state index in [4.69, 9.17) is 18.6 Å². The summed E-state index contributed by atoms with van der Waals surface area (Å²) in [6, 6.07) is 22.1. The third kappa shape index (κ3) is 1.56. The van der Waals surface area contributed by atoms with Gasteiger partial charge in [-0.05, 0) is 36.4 Å². The zero-order valence-electron chi connectivity index (χ0n) is 15.1. The van der Waals surface area contributed by atoms with Crippen molar-refractivity contribution < 1.29 is 18.6 Å². The van der Waals surface area contributed by atoms with Gasteiger partial charge in [-0.3, -0.25) is 0 Å². The predicted molar refractivity (Wildman–Crippen MR) is 111 cm³/mol. The zero-order chi connectivity index (χ0) is 18.7. The summed E-state index contributed by atoms with van der Waals surface area (Å²) in [7, 11) is 0. The van der Waals surface area contributed by atoms with Crippen LogP contribution in [0.1, 0.15) is 0 Å². The van der Waals surface area contributed by atoms with Gasteiger partial charge in [0.25, 0.3) is 6.71 Å². The highest BCUT2D eigenvalue weighted by molar-refractivity contribution is 6.99. The van der Waals surface area contributed by atoms with Crippen molar-refractivity contribution >= 4 is 45.0 Å². The molecule has 3 aliphatic heterocycles. The fourth-order valence-electron chi connectivity index (χ4n) is 5.03. The van der Waals surface area contributed by atoms with Crippen LogP contribution in [0.2, 0.25) is 0 Å². The number of fused-ring (bicyclic) bond motifs is 4. The van der Waals surface area contributed by atoms with Gasteiger partial charge in [0.2, 0.25) is 0 Å². The molecule has 0 fully saturated rings. The van der Waals surface area contributed by atoms with Gasteiger partial charge < -0.3 is 18.6 Å².